The molecular formula is C23H29FN4O3S. The van der Waals surface area contributed by atoms with Gasteiger partial charge < -0.3 is 15.0 Å². The van der Waals surface area contributed by atoms with Gasteiger partial charge in [0.2, 0.25) is 0 Å². The molecule has 3 amide bonds. The van der Waals surface area contributed by atoms with Gasteiger partial charge in [-0.2, -0.15) is 5.10 Å². The molecule has 1 N–H and O–H groups in total. The van der Waals surface area contributed by atoms with Gasteiger partial charge in [0, 0.05) is 25.6 Å². The standard InChI is InChI=1S/C23H29FN4O3S/c1-23(2,3)25-22(30)27(11-12-31-4)15-21(29)28-19(16-7-9-17(24)10-8-16)14-18(26-28)20-6-5-13-32-20/h5-10,13,19H,11-12,14-15H2,1-4H3,(H,25,30). The summed E-state index contributed by atoms with van der Waals surface area (Å²) in [5.41, 5.74) is 1.14. The second kappa shape index (κ2) is 10.2. The van der Waals surface area contributed by atoms with E-state index in [1.165, 1.54) is 22.0 Å². The molecular weight excluding hydrogens is 431 g/mol. The van der Waals surface area contributed by atoms with Gasteiger partial charge in [-0.1, -0.05) is 18.2 Å². The van der Waals surface area contributed by atoms with Crippen LogP contribution in [0.25, 0.3) is 0 Å². The first-order chi connectivity index (χ1) is 15.2. The van der Waals surface area contributed by atoms with Crippen LogP contribution < -0.4 is 5.32 Å². The number of nitrogens with one attached hydrogen (secondary N) is 1. The molecule has 0 bridgehead atoms. The van der Waals surface area contributed by atoms with Crippen LogP contribution in [0, 0.1) is 5.82 Å². The molecule has 0 radical (unpaired) electrons. The van der Waals surface area contributed by atoms with Crippen LogP contribution >= 0.6 is 11.3 Å². The van der Waals surface area contributed by atoms with E-state index < -0.39 is 5.54 Å². The maximum Gasteiger partial charge on any atom is 0.318 e. The monoisotopic (exact) mass is 460 g/mol. The Labute approximate surface area is 191 Å². The van der Waals surface area contributed by atoms with Gasteiger partial charge in [0.05, 0.1) is 23.2 Å². The number of thiophene rings is 1. The molecule has 3 rings (SSSR count). The highest BCUT2D eigenvalue weighted by atomic mass is 32.1. The molecule has 172 valence electrons. The summed E-state index contributed by atoms with van der Waals surface area (Å²) >= 11 is 1.55. The lowest BCUT2D eigenvalue weighted by molar-refractivity contribution is -0.133. The largest absolute Gasteiger partial charge is 0.383 e. The molecule has 1 aromatic heterocycles. The van der Waals surface area contributed by atoms with Crippen LogP contribution in [-0.2, 0) is 9.53 Å². The number of hydrogen-bond donors (Lipinski definition) is 1. The van der Waals surface area contributed by atoms with Crippen LogP contribution in [0.5, 0.6) is 0 Å². The molecule has 1 unspecified atom stereocenters. The van der Waals surface area contributed by atoms with Crippen molar-refractivity contribution >= 4 is 29.0 Å². The van der Waals surface area contributed by atoms with E-state index >= 15 is 0 Å². The minimum absolute atomic E-state index is 0.149. The fraction of sp³-hybridized carbons (Fsp3) is 0.435. The Morgan fingerprint density at radius 3 is 2.59 bits per heavy atom. The summed E-state index contributed by atoms with van der Waals surface area (Å²) in [7, 11) is 1.55. The first kappa shape index (κ1) is 23.9. The third kappa shape index (κ3) is 6.14. The van der Waals surface area contributed by atoms with E-state index in [0.29, 0.717) is 13.0 Å². The van der Waals surface area contributed by atoms with Crippen molar-refractivity contribution in [2.75, 3.05) is 26.8 Å². The van der Waals surface area contributed by atoms with Crippen LogP contribution in [-0.4, -0.2) is 59.9 Å². The number of urea groups is 1. The van der Waals surface area contributed by atoms with Crippen molar-refractivity contribution in [3.8, 4) is 0 Å². The predicted molar refractivity (Wildman–Crippen MR) is 123 cm³/mol. The fourth-order valence-corrected chi connectivity index (χ4v) is 4.09. The van der Waals surface area contributed by atoms with Gasteiger partial charge in [-0.05, 0) is 49.9 Å². The number of carbonyl (C=O) groups is 2. The van der Waals surface area contributed by atoms with Crippen molar-refractivity contribution in [2.45, 2.75) is 38.8 Å². The number of rotatable bonds is 7. The Morgan fingerprint density at radius 1 is 1.28 bits per heavy atom. The lowest BCUT2D eigenvalue weighted by Gasteiger charge is -2.30. The Bertz CT molecular complexity index is 955. The van der Waals surface area contributed by atoms with Crippen LogP contribution in [0.1, 0.15) is 43.7 Å². The number of methoxy groups -OCH3 is 1. The van der Waals surface area contributed by atoms with E-state index in [1.54, 1.807) is 30.6 Å². The van der Waals surface area contributed by atoms with Crippen LogP contribution in [0.15, 0.2) is 46.9 Å². The van der Waals surface area contributed by atoms with Crippen LogP contribution in [0.3, 0.4) is 0 Å². The Kier molecular flexibility index (Phi) is 7.63. The molecule has 1 aliphatic rings. The Hall–Kier alpha value is -2.78. The van der Waals surface area contributed by atoms with E-state index in [-0.39, 0.29) is 36.9 Å². The second-order valence-corrected chi connectivity index (χ2v) is 9.58. The van der Waals surface area contributed by atoms with Crippen molar-refractivity contribution in [2.24, 2.45) is 5.10 Å². The molecule has 1 atom stereocenters. The highest BCUT2D eigenvalue weighted by molar-refractivity contribution is 7.12. The number of halogens is 1. The van der Waals surface area contributed by atoms with E-state index in [9.17, 15) is 14.0 Å². The molecule has 32 heavy (non-hydrogen) atoms. The third-order valence-corrected chi connectivity index (χ3v) is 5.81. The van der Waals surface area contributed by atoms with Gasteiger partial charge in [0.1, 0.15) is 12.4 Å². The molecule has 0 aliphatic carbocycles. The average molecular weight is 461 g/mol. The molecule has 2 aromatic rings. The minimum atomic E-state index is -0.444. The summed E-state index contributed by atoms with van der Waals surface area (Å²) < 4.78 is 18.6. The maximum atomic E-state index is 13.5. The molecule has 0 spiro atoms. The van der Waals surface area contributed by atoms with Crippen LogP contribution in [0.2, 0.25) is 0 Å². The second-order valence-electron chi connectivity index (χ2n) is 8.63. The highest BCUT2D eigenvalue weighted by Gasteiger charge is 2.35. The topological polar surface area (TPSA) is 74.2 Å². The van der Waals surface area contributed by atoms with E-state index in [1.807, 2.05) is 38.3 Å². The van der Waals surface area contributed by atoms with Crippen molar-refractivity contribution in [3.63, 3.8) is 0 Å². The zero-order chi connectivity index (χ0) is 23.3. The molecule has 7 nitrogen and oxygen atoms in total. The zero-order valence-electron chi connectivity index (χ0n) is 18.8. The first-order valence-electron chi connectivity index (χ1n) is 10.4. The summed E-state index contributed by atoms with van der Waals surface area (Å²) in [6.45, 7) is 6.05. The van der Waals surface area contributed by atoms with Crippen molar-refractivity contribution in [3.05, 3.63) is 58.0 Å². The van der Waals surface area contributed by atoms with Crippen molar-refractivity contribution in [1.82, 2.24) is 15.2 Å². The minimum Gasteiger partial charge on any atom is -0.383 e. The quantitative estimate of drug-likeness (QED) is 0.678. The number of amides is 3. The maximum absolute atomic E-state index is 13.5. The van der Waals surface area contributed by atoms with Crippen LogP contribution in [0.4, 0.5) is 9.18 Å². The predicted octanol–water partition coefficient (Wildman–Crippen LogP) is 4.02. The Morgan fingerprint density at radius 2 is 2.00 bits per heavy atom. The molecule has 2 heterocycles. The number of benzene rings is 1. The molecule has 1 aromatic carbocycles. The van der Waals surface area contributed by atoms with Crippen molar-refractivity contribution in [1.29, 1.82) is 0 Å². The fourth-order valence-electron chi connectivity index (χ4n) is 3.37. The summed E-state index contributed by atoms with van der Waals surface area (Å²) in [5.74, 6) is -0.653. The van der Waals surface area contributed by atoms with Gasteiger partial charge in [0.25, 0.3) is 5.91 Å². The zero-order valence-corrected chi connectivity index (χ0v) is 19.6. The Balaban J connectivity index is 1.84. The van der Waals surface area contributed by atoms with Gasteiger partial charge in [-0.25, -0.2) is 14.2 Å². The van der Waals surface area contributed by atoms with Crippen molar-refractivity contribution < 1.29 is 18.7 Å². The summed E-state index contributed by atoms with van der Waals surface area (Å²) in [5, 5.41) is 10.9. The molecule has 0 saturated carbocycles. The van der Waals surface area contributed by atoms with Gasteiger partial charge in [0.15, 0.2) is 0 Å². The van der Waals surface area contributed by atoms with E-state index in [0.717, 1.165) is 16.2 Å². The van der Waals surface area contributed by atoms with Gasteiger partial charge in [-0.15, -0.1) is 11.3 Å². The molecule has 0 fully saturated rings. The normalized spacial score (nSPS) is 16.1. The molecule has 0 saturated heterocycles. The van der Waals surface area contributed by atoms with Gasteiger partial charge in [-0.3, -0.25) is 4.79 Å². The smallest absolute Gasteiger partial charge is 0.318 e. The van der Waals surface area contributed by atoms with E-state index in [2.05, 4.69) is 10.4 Å². The first-order valence-corrected chi connectivity index (χ1v) is 11.3. The summed E-state index contributed by atoms with van der Waals surface area (Å²) in [6.07, 6.45) is 0.518. The van der Waals surface area contributed by atoms with Gasteiger partial charge >= 0.3 is 6.03 Å². The number of ether oxygens (including phenoxy) is 1. The van der Waals surface area contributed by atoms with E-state index in [4.69, 9.17) is 4.74 Å². The average Bonchev–Trinajstić information content (AvgIpc) is 3.40. The number of nitrogens with zero attached hydrogens (tertiary/aromatic N) is 3. The lowest BCUT2D eigenvalue weighted by Crippen LogP contribution is -2.52. The SMILES string of the molecule is COCCN(CC(=O)N1N=C(c2cccs2)CC1c1ccc(F)cc1)C(=O)NC(C)(C)C. The number of hydrazone groups is 1. The molecule has 9 heteroatoms. The third-order valence-electron chi connectivity index (χ3n) is 4.89. The highest BCUT2D eigenvalue weighted by Crippen LogP contribution is 2.34. The lowest BCUT2D eigenvalue weighted by atomic mass is 10.0. The summed E-state index contributed by atoms with van der Waals surface area (Å²) in [4.78, 5) is 28.5. The number of hydrogen-bond acceptors (Lipinski definition) is 5. The summed E-state index contributed by atoms with van der Waals surface area (Å²) in [6, 6.07) is 9.28. The number of carbonyl (C=O) groups excluding carboxylic acids is 2. The molecule has 1 aliphatic heterocycles.